The number of aryl methyl sites for hydroxylation is 1. The zero-order chi connectivity index (χ0) is 15.5. The molecule has 21 heavy (non-hydrogen) atoms. The van der Waals surface area contributed by atoms with Crippen molar-refractivity contribution in [3.05, 3.63) is 34.9 Å². The average Bonchev–Trinajstić information content (AvgIpc) is 2.53. The van der Waals surface area contributed by atoms with Gasteiger partial charge in [-0.25, -0.2) is 0 Å². The molecule has 1 saturated heterocycles. The smallest absolute Gasteiger partial charge is 0.0473 e. The molecule has 0 aliphatic carbocycles. The topological polar surface area (TPSA) is 29.3 Å². The summed E-state index contributed by atoms with van der Waals surface area (Å²) in [5.41, 5.74) is 10.9. The standard InChI is InChI=1S/C19H32N2/c1-5-19(6-2)10-12-21(13-11-19)18(14-20)17-9-7-8-15(3)16(17)4/h7-9,18H,5-6,10-14,20H2,1-4H3. The highest BCUT2D eigenvalue weighted by molar-refractivity contribution is 5.35. The minimum atomic E-state index is 0.386. The van der Waals surface area contributed by atoms with Gasteiger partial charge >= 0.3 is 0 Å². The molecular weight excluding hydrogens is 256 g/mol. The van der Waals surface area contributed by atoms with Crippen LogP contribution in [-0.2, 0) is 0 Å². The fraction of sp³-hybridized carbons (Fsp3) is 0.684. The Kier molecular flexibility index (Phi) is 5.45. The second-order valence-electron chi connectivity index (χ2n) is 6.78. The molecule has 0 radical (unpaired) electrons. The van der Waals surface area contributed by atoms with Gasteiger partial charge < -0.3 is 5.73 Å². The zero-order valence-corrected chi connectivity index (χ0v) is 14.3. The van der Waals surface area contributed by atoms with Crippen molar-refractivity contribution in [2.24, 2.45) is 11.1 Å². The number of hydrogen-bond donors (Lipinski definition) is 1. The van der Waals surface area contributed by atoms with Crippen LogP contribution in [0.25, 0.3) is 0 Å². The van der Waals surface area contributed by atoms with Crippen molar-refractivity contribution in [1.29, 1.82) is 0 Å². The van der Waals surface area contributed by atoms with Crippen LogP contribution in [0.5, 0.6) is 0 Å². The molecule has 2 nitrogen and oxygen atoms in total. The van der Waals surface area contributed by atoms with E-state index in [1.807, 2.05) is 0 Å². The quantitative estimate of drug-likeness (QED) is 0.879. The van der Waals surface area contributed by atoms with Crippen molar-refractivity contribution >= 4 is 0 Å². The zero-order valence-electron chi connectivity index (χ0n) is 14.3. The van der Waals surface area contributed by atoms with Crippen LogP contribution in [0.1, 0.15) is 62.3 Å². The molecule has 1 aromatic rings. The lowest BCUT2D eigenvalue weighted by Gasteiger charge is -2.44. The summed E-state index contributed by atoms with van der Waals surface area (Å²) in [6, 6.07) is 7.02. The summed E-state index contributed by atoms with van der Waals surface area (Å²) in [5, 5.41) is 0. The van der Waals surface area contributed by atoms with Gasteiger partial charge in [0.1, 0.15) is 0 Å². The Hall–Kier alpha value is -0.860. The molecule has 0 spiro atoms. The van der Waals surface area contributed by atoms with Crippen LogP contribution in [-0.4, -0.2) is 24.5 Å². The van der Waals surface area contributed by atoms with Crippen molar-refractivity contribution in [3.8, 4) is 0 Å². The second kappa shape index (κ2) is 6.93. The van der Waals surface area contributed by atoms with E-state index in [1.165, 1.54) is 55.5 Å². The maximum absolute atomic E-state index is 6.15. The molecule has 1 heterocycles. The van der Waals surface area contributed by atoms with Gasteiger partial charge in [-0.1, -0.05) is 44.9 Å². The van der Waals surface area contributed by atoms with E-state index in [-0.39, 0.29) is 0 Å². The average molecular weight is 288 g/mol. The first kappa shape index (κ1) is 16.5. The van der Waals surface area contributed by atoms with Crippen molar-refractivity contribution in [2.75, 3.05) is 19.6 Å². The van der Waals surface area contributed by atoms with Gasteiger partial charge in [-0.15, -0.1) is 0 Å². The fourth-order valence-electron chi connectivity index (χ4n) is 3.87. The highest BCUT2D eigenvalue weighted by Gasteiger charge is 2.34. The number of likely N-dealkylation sites (tertiary alicyclic amines) is 1. The molecule has 2 heteroatoms. The predicted molar refractivity (Wildman–Crippen MR) is 91.5 cm³/mol. The lowest BCUT2D eigenvalue weighted by atomic mass is 9.74. The Morgan fingerprint density at radius 2 is 1.76 bits per heavy atom. The molecule has 0 amide bonds. The van der Waals surface area contributed by atoms with Crippen LogP contribution in [0.4, 0.5) is 0 Å². The highest BCUT2D eigenvalue weighted by Crippen LogP contribution is 2.40. The van der Waals surface area contributed by atoms with Crippen molar-refractivity contribution < 1.29 is 0 Å². The molecule has 1 atom stereocenters. The van der Waals surface area contributed by atoms with E-state index in [0.29, 0.717) is 11.5 Å². The summed E-state index contributed by atoms with van der Waals surface area (Å²) in [5.74, 6) is 0. The number of benzene rings is 1. The van der Waals surface area contributed by atoms with E-state index >= 15 is 0 Å². The third-order valence-electron chi connectivity index (χ3n) is 6.03. The molecule has 1 aromatic carbocycles. The Bertz CT molecular complexity index is 453. The van der Waals surface area contributed by atoms with Gasteiger partial charge in [-0.2, -0.15) is 0 Å². The van der Waals surface area contributed by atoms with E-state index < -0.39 is 0 Å². The molecular formula is C19H32N2. The molecule has 0 bridgehead atoms. The first-order valence-electron chi connectivity index (χ1n) is 8.57. The lowest BCUT2D eigenvalue weighted by molar-refractivity contribution is 0.0678. The summed E-state index contributed by atoms with van der Waals surface area (Å²) in [4.78, 5) is 2.62. The number of nitrogens with zero attached hydrogens (tertiary/aromatic N) is 1. The molecule has 1 aliphatic rings. The summed E-state index contributed by atoms with van der Waals surface area (Å²) >= 11 is 0. The first-order chi connectivity index (χ1) is 10.1. The predicted octanol–water partition coefficient (Wildman–Crippen LogP) is 4.21. The molecule has 1 fully saturated rings. The van der Waals surface area contributed by atoms with Crippen LogP contribution in [0.15, 0.2) is 18.2 Å². The maximum Gasteiger partial charge on any atom is 0.0473 e. The summed E-state index contributed by atoms with van der Waals surface area (Å²) < 4.78 is 0. The van der Waals surface area contributed by atoms with Gasteiger partial charge in [0, 0.05) is 12.6 Å². The van der Waals surface area contributed by atoms with Gasteiger partial charge in [0.05, 0.1) is 0 Å². The number of hydrogen-bond acceptors (Lipinski definition) is 2. The van der Waals surface area contributed by atoms with E-state index in [9.17, 15) is 0 Å². The molecule has 1 unspecified atom stereocenters. The molecule has 118 valence electrons. The van der Waals surface area contributed by atoms with Crippen LogP contribution >= 0.6 is 0 Å². The SMILES string of the molecule is CCC1(CC)CCN(C(CN)c2cccc(C)c2C)CC1. The monoisotopic (exact) mass is 288 g/mol. The van der Waals surface area contributed by atoms with Gasteiger partial charge in [-0.05, 0) is 61.9 Å². The molecule has 0 aromatic heterocycles. The third kappa shape index (κ3) is 3.32. The molecule has 2 N–H and O–H groups in total. The minimum Gasteiger partial charge on any atom is -0.329 e. The second-order valence-corrected chi connectivity index (χ2v) is 6.78. The van der Waals surface area contributed by atoms with E-state index in [2.05, 4.69) is 50.8 Å². The van der Waals surface area contributed by atoms with E-state index in [1.54, 1.807) is 0 Å². The minimum absolute atomic E-state index is 0.386. The summed E-state index contributed by atoms with van der Waals surface area (Å²) in [6.07, 6.45) is 5.27. The van der Waals surface area contributed by atoms with Gasteiger partial charge in [0.25, 0.3) is 0 Å². The number of rotatable bonds is 5. The Morgan fingerprint density at radius 1 is 1.14 bits per heavy atom. The maximum atomic E-state index is 6.15. The van der Waals surface area contributed by atoms with Gasteiger partial charge in [0.15, 0.2) is 0 Å². The van der Waals surface area contributed by atoms with E-state index in [0.717, 1.165) is 6.54 Å². The number of piperidine rings is 1. The largest absolute Gasteiger partial charge is 0.329 e. The third-order valence-corrected chi connectivity index (χ3v) is 6.03. The Labute approximate surface area is 130 Å². The Balaban J connectivity index is 2.15. The molecule has 1 aliphatic heterocycles. The first-order valence-corrected chi connectivity index (χ1v) is 8.57. The summed E-state index contributed by atoms with van der Waals surface area (Å²) in [6.45, 7) is 12.2. The lowest BCUT2D eigenvalue weighted by Crippen LogP contribution is -2.43. The van der Waals surface area contributed by atoms with Crippen LogP contribution < -0.4 is 5.73 Å². The molecule has 2 rings (SSSR count). The summed E-state index contributed by atoms with van der Waals surface area (Å²) in [7, 11) is 0. The van der Waals surface area contributed by atoms with Crippen molar-refractivity contribution in [1.82, 2.24) is 4.90 Å². The van der Waals surface area contributed by atoms with Crippen molar-refractivity contribution in [2.45, 2.75) is 59.4 Å². The van der Waals surface area contributed by atoms with Gasteiger partial charge in [0.2, 0.25) is 0 Å². The van der Waals surface area contributed by atoms with Crippen molar-refractivity contribution in [3.63, 3.8) is 0 Å². The van der Waals surface area contributed by atoms with Gasteiger partial charge in [-0.3, -0.25) is 4.90 Å². The van der Waals surface area contributed by atoms with Crippen LogP contribution in [0, 0.1) is 19.3 Å². The normalized spacial score (nSPS) is 20.4. The Morgan fingerprint density at radius 3 is 2.29 bits per heavy atom. The van der Waals surface area contributed by atoms with Crippen LogP contribution in [0.3, 0.4) is 0 Å². The van der Waals surface area contributed by atoms with Crippen LogP contribution in [0.2, 0.25) is 0 Å². The number of nitrogens with two attached hydrogens (primary N) is 1. The highest BCUT2D eigenvalue weighted by atomic mass is 15.2. The van der Waals surface area contributed by atoms with E-state index in [4.69, 9.17) is 5.73 Å². The fourth-order valence-corrected chi connectivity index (χ4v) is 3.87. The molecule has 0 saturated carbocycles.